The topological polar surface area (TPSA) is 32.2 Å². The molecular formula is C26H28N4S. The first-order chi connectivity index (χ1) is 15.2. The zero-order chi connectivity index (χ0) is 21.5. The number of terminal acetylenes is 1. The molecule has 0 spiro atoms. The van der Waals surface area contributed by atoms with E-state index < -0.39 is 0 Å². The van der Waals surface area contributed by atoms with Gasteiger partial charge in [0, 0.05) is 35.6 Å². The van der Waals surface area contributed by atoms with Gasteiger partial charge in [0.25, 0.3) is 0 Å². The summed E-state index contributed by atoms with van der Waals surface area (Å²) in [7, 11) is 2.20. The maximum Gasteiger partial charge on any atom is 0.104 e. The number of rotatable bonds is 6. The number of hydrogen-bond donors (Lipinski definition) is 2. The highest BCUT2D eigenvalue weighted by Gasteiger charge is 2.16. The van der Waals surface area contributed by atoms with E-state index in [1.165, 1.54) is 48.8 Å². The molecule has 1 fully saturated rings. The van der Waals surface area contributed by atoms with Crippen molar-refractivity contribution in [1.82, 2.24) is 14.2 Å². The lowest BCUT2D eigenvalue weighted by Gasteiger charge is -2.29. The number of benzene rings is 2. The number of aromatic nitrogens is 1. The summed E-state index contributed by atoms with van der Waals surface area (Å²) in [4.78, 5) is 2.40. The molecule has 1 aromatic heterocycles. The molecule has 2 aromatic carbocycles. The highest BCUT2D eigenvalue weighted by Crippen LogP contribution is 2.25. The van der Waals surface area contributed by atoms with Crippen LogP contribution in [0.3, 0.4) is 0 Å². The molecule has 3 aromatic rings. The van der Waals surface area contributed by atoms with Crippen molar-refractivity contribution in [2.75, 3.05) is 32.0 Å². The summed E-state index contributed by atoms with van der Waals surface area (Å²) in [6.45, 7) is 3.81. The molecule has 0 radical (unpaired) electrons. The molecule has 5 heteroatoms. The maximum absolute atomic E-state index is 5.60. The average molecular weight is 429 g/mol. The first-order valence-electron chi connectivity index (χ1n) is 10.7. The standard InChI is InChI=1S/C26H28N4S/c1-3-31-30-25(10-7-15-27-23-8-5-4-6-9-23)19-22-18-21(11-12-26(22)30)20-28-24-13-16-29(2)17-14-24/h1,4-6,8-9,11-12,18-19,24,27-28H,13-17,20H2,2H3. The number of piperidine rings is 1. The quantitative estimate of drug-likeness (QED) is 0.571. The van der Waals surface area contributed by atoms with Crippen LogP contribution in [0, 0.1) is 23.5 Å². The lowest BCUT2D eigenvalue weighted by Crippen LogP contribution is -2.40. The second-order valence-electron chi connectivity index (χ2n) is 7.91. The SMILES string of the molecule is C#CSn1c(C#CCNc2ccccc2)cc2cc(CNC3CCN(C)CC3)ccc21. The fraction of sp³-hybridized carbons (Fsp3) is 0.308. The summed E-state index contributed by atoms with van der Waals surface area (Å²) in [5.41, 5.74) is 4.39. The van der Waals surface area contributed by atoms with Crippen molar-refractivity contribution in [2.45, 2.75) is 25.4 Å². The predicted octanol–water partition coefficient (Wildman–Crippen LogP) is 4.38. The highest BCUT2D eigenvalue weighted by atomic mass is 32.2. The Hall–Kier alpha value is -2.83. The molecule has 4 nitrogen and oxygen atoms in total. The van der Waals surface area contributed by atoms with Crippen molar-refractivity contribution in [3.8, 4) is 23.5 Å². The Balaban J connectivity index is 1.45. The van der Waals surface area contributed by atoms with Crippen molar-refractivity contribution in [3.63, 3.8) is 0 Å². The number of likely N-dealkylation sites (tertiary alicyclic amines) is 1. The third kappa shape index (κ3) is 5.66. The Morgan fingerprint density at radius 3 is 2.68 bits per heavy atom. The second kappa shape index (κ2) is 10.5. The van der Waals surface area contributed by atoms with E-state index in [-0.39, 0.29) is 0 Å². The molecule has 2 N–H and O–H groups in total. The minimum absolute atomic E-state index is 0.581. The van der Waals surface area contributed by atoms with E-state index >= 15 is 0 Å². The molecule has 4 rings (SSSR count). The van der Waals surface area contributed by atoms with E-state index in [9.17, 15) is 0 Å². The molecule has 1 aliphatic heterocycles. The summed E-state index contributed by atoms with van der Waals surface area (Å²) in [5.74, 6) is 6.49. The Kier molecular flexibility index (Phi) is 7.22. The lowest BCUT2D eigenvalue weighted by atomic mass is 10.0. The zero-order valence-electron chi connectivity index (χ0n) is 17.9. The van der Waals surface area contributed by atoms with Crippen LogP contribution in [0.1, 0.15) is 24.1 Å². The minimum Gasteiger partial charge on any atom is -0.374 e. The Morgan fingerprint density at radius 2 is 1.90 bits per heavy atom. The van der Waals surface area contributed by atoms with Gasteiger partial charge < -0.3 is 15.5 Å². The van der Waals surface area contributed by atoms with Crippen molar-refractivity contribution in [1.29, 1.82) is 0 Å². The van der Waals surface area contributed by atoms with Crippen molar-refractivity contribution in [3.05, 3.63) is 65.9 Å². The molecule has 158 valence electrons. The third-order valence-electron chi connectivity index (χ3n) is 5.65. The fourth-order valence-corrected chi connectivity index (χ4v) is 4.47. The smallest absolute Gasteiger partial charge is 0.104 e. The van der Waals surface area contributed by atoms with E-state index in [0.717, 1.165) is 23.4 Å². The van der Waals surface area contributed by atoms with Gasteiger partial charge in [-0.05, 0) is 80.0 Å². The van der Waals surface area contributed by atoms with Gasteiger partial charge in [0.2, 0.25) is 0 Å². The summed E-state index contributed by atoms with van der Waals surface area (Å²) in [6, 6.07) is 19.4. The lowest BCUT2D eigenvalue weighted by molar-refractivity contribution is 0.234. The van der Waals surface area contributed by atoms with Gasteiger partial charge in [-0.1, -0.05) is 30.2 Å². The Bertz CT molecular complexity index is 1110. The van der Waals surface area contributed by atoms with Crippen LogP contribution in [0.25, 0.3) is 10.9 Å². The minimum atomic E-state index is 0.581. The Labute approximate surface area is 189 Å². The molecule has 0 unspecified atom stereocenters. The van der Waals surface area contributed by atoms with Gasteiger partial charge in [0.15, 0.2) is 0 Å². The number of para-hydroxylation sites is 1. The van der Waals surface area contributed by atoms with Crippen molar-refractivity contribution < 1.29 is 0 Å². The number of hydrogen-bond acceptors (Lipinski definition) is 4. The van der Waals surface area contributed by atoms with Gasteiger partial charge in [0.1, 0.15) is 5.69 Å². The molecule has 0 saturated carbocycles. The van der Waals surface area contributed by atoms with Crippen LogP contribution in [0.2, 0.25) is 0 Å². The van der Waals surface area contributed by atoms with Gasteiger partial charge in [0.05, 0.1) is 12.1 Å². The van der Waals surface area contributed by atoms with Crippen LogP contribution in [-0.2, 0) is 6.54 Å². The molecule has 1 saturated heterocycles. The average Bonchev–Trinajstić information content (AvgIpc) is 3.14. The van der Waals surface area contributed by atoms with Gasteiger partial charge in [-0.2, -0.15) is 0 Å². The van der Waals surface area contributed by atoms with E-state index in [4.69, 9.17) is 6.42 Å². The Morgan fingerprint density at radius 1 is 1.10 bits per heavy atom. The molecule has 1 aliphatic rings. The van der Waals surface area contributed by atoms with Gasteiger partial charge in [-0.15, -0.1) is 6.42 Å². The number of fused-ring (bicyclic) bond motifs is 1. The molecule has 0 aliphatic carbocycles. The summed E-state index contributed by atoms with van der Waals surface area (Å²) in [6.07, 6.45) is 8.02. The van der Waals surface area contributed by atoms with E-state index in [0.29, 0.717) is 12.6 Å². The van der Waals surface area contributed by atoms with Crippen LogP contribution in [0.4, 0.5) is 5.69 Å². The summed E-state index contributed by atoms with van der Waals surface area (Å²) in [5, 5.41) is 10.9. The first-order valence-corrected chi connectivity index (χ1v) is 11.5. The molecule has 0 atom stereocenters. The van der Waals surface area contributed by atoms with Crippen LogP contribution in [0.5, 0.6) is 0 Å². The van der Waals surface area contributed by atoms with E-state index in [1.54, 1.807) is 0 Å². The fourth-order valence-electron chi connectivity index (χ4n) is 3.90. The molecule has 2 heterocycles. The van der Waals surface area contributed by atoms with Crippen molar-refractivity contribution >= 4 is 28.5 Å². The van der Waals surface area contributed by atoms with Crippen LogP contribution >= 0.6 is 11.9 Å². The van der Waals surface area contributed by atoms with Crippen LogP contribution < -0.4 is 10.6 Å². The van der Waals surface area contributed by atoms with E-state index in [2.05, 4.69) is 63.9 Å². The summed E-state index contributed by atoms with van der Waals surface area (Å²) < 4.78 is 2.04. The molecule has 0 bridgehead atoms. The number of anilines is 1. The monoisotopic (exact) mass is 428 g/mol. The van der Waals surface area contributed by atoms with Gasteiger partial charge >= 0.3 is 0 Å². The summed E-state index contributed by atoms with van der Waals surface area (Å²) >= 11 is 1.34. The largest absolute Gasteiger partial charge is 0.374 e. The van der Waals surface area contributed by atoms with Crippen molar-refractivity contribution in [2.24, 2.45) is 0 Å². The maximum atomic E-state index is 5.60. The molecule has 0 amide bonds. The second-order valence-corrected chi connectivity index (χ2v) is 8.69. The zero-order valence-corrected chi connectivity index (χ0v) is 18.7. The normalized spacial score (nSPS) is 14.7. The van der Waals surface area contributed by atoms with Crippen LogP contribution in [0.15, 0.2) is 54.6 Å². The van der Waals surface area contributed by atoms with Gasteiger partial charge in [-0.25, -0.2) is 0 Å². The predicted molar refractivity (Wildman–Crippen MR) is 133 cm³/mol. The number of nitrogens with one attached hydrogen (secondary N) is 2. The van der Waals surface area contributed by atoms with Gasteiger partial charge in [-0.3, -0.25) is 3.97 Å². The third-order valence-corrected chi connectivity index (χ3v) is 6.33. The van der Waals surface area contributed by atoms with E-state index in [1.807, 2.05) is 34.3 Å². The van der Waals surface area contributed by atoms with Crippen LogP contribution in [-0.4, -0.2) is 41.6 Å². The first kappa shape index (κ1) is 21.4. The molecular weight excluding hydrogens is 400 g/mol. The molecule has 31 heavy (non-hydrogen) atoms. The number of nitrogens with zero attached hydrogens (tertiary/aromatic N) is 2. The highest BCUT2D eigenvalue weighted by molar-refractivity contribution is 8.02.